The average Bonchev–Trinajstić information content (AvgIpc) is 2.95. The van der Waals surface area contributed by atoms with Crippen LogP contribution >= 0.6 is 0 Å². The third kappa shape index (κ3) is 11.6. The number of rotatable bonds is 18. The third-order valence-corrected chi connectivity index (χ3v) is 8.25. The summed E-state index contributed by atoms with van der Waals surface area (Å²) in [5.74, 6) is 2.93. The van der Waals surface area contributed by atoms with Gasteiger partial charge in [-0.1, -0.05) is 116 Å². The molecule has 38 heavy (non-hydrogen) atoms. The number of benzene rings is 2. The zero-order valence-electron chi connectivity index (χ0n) is 24.2. The Morgan fingerprint density at radius 1 is 0.658 bits per heavy atom. The monoisotopic (exact) mass is 520 g/mol. The quantitative estimate of drug-likeness (QED) is 0.111. The van der Waals surface area contributed by atoms with Crippen LogP contribution in [0.4, 0.5) is 0 Å². The molecule has 1 aliphatic carbocycles. The topological polar surface area (TPSA) is 35.5 Å². The van der Waals surface area contributed by atoms with Gasteiger partial charge in [-0.15, -0.1) is 0 Å². The van der Waals surface area contributed by atoms with Crippen LogP contribution in [-0.4, -0.2) is 12.6 Å². The molecule has 0 saturated heterocycles. The van der Waals surface area contributed by atoms with Gasteiger partial charge >= 0.3 is 5.97 Å². The van der Waals surface area contributed by atoms with E-state index < -0.39 is 0 Å². The predicted octanol–water partition coefficient (Wildman–Crippen LogP) is 10.4. The Hall–Kier alpha value is -2.29. The SMILES string of the molecule is CCCCCCCCCCCOc1ccc(C(=O)Oc2ccc(CCC3CCC(CCC)CC3)cc2)cc1. The molecule has 3 nitrogen and oxygen atoms in total. The van der Waals surface area contributed by atoms with E-state index >= 15 is 0 Å². The van der Waals surface area contributed by atoms with Crippen LogP contribution in [-0.2, 0) is 6.42 Å². The Labute approximate surface area is 232 Å². The van der Waals surface area contributed by atoms with E-state index in [1.54, 1.807) is 12.1 Å². The van der Waals surface area contributed by atoms with E-state index in [1.165, 1.54) is 102 Å². The first-order chi connectivity index (χ1) is 18.7. The fourth-order valence-electron chi connectivity index (χ4n) is 5.77. The van der Waals surface area contributed by atoms with E-state index in [4.69, 9.17) is 9.47 Å². The van der Waals surface area contributed by atoms with Crippen molar-refractivity contribution in [1.29, 1.82) is 0 Å². The van der Waals surface area contributed by atoms with Gasteiger partial charge < -0.3 is 9.47 Å². The maximum atomic E-state index is 12.6. The van der Waals surface area contributed by atoms with Crippen molar-refractivity contribution in [3.63, 3.8) is 0 Å². The molecule has 2 aromatic carbocycles. The maximum absolute atomic E-state index is 12.6. The Morgan fingerprint density at radius 3 is 1.82 bits per heavy atom. The van der Waals surface area contributed by atoms with Crippen LogP contribution in [0.5, 0.6) is 11.5 Å². The molecule has 1 saturated carbocycles. The molecule has 0 aromatic heterocycles. The molecule has 1 aliphatic rings. The largest absolute Gasteiger partial charge is 0.494 e. The van der Waals surface area contributed by atoms with Crippen molar-refractivity contribution in [2.45, 2.75) is 123 Å². The molecule has 1 fully saturated rings. The molecule has 0 spiro atoms. The van der Waals surface area contributed by atoms with Gasteiger partial charge in [0.05, 0.1) is 12.2 Å². The van der Waals surface area contributed by atoms with Crippen molar-refractivity contribution in [1.82, 2.24) is 0 Å². The van der Waals surface area contributed by atoms with Crippen molar-refractivity contribution in [2.75, 3.05) is 6.61 Å². The van der Waals surface area contributed by atoms with E-state index in [0.717, 1.165) is 37.0 Å². The lowest BCUT2D eigenvalue weighted by molar-refractivity contribution is 0.0734. The number of unbranched alkanes of at least 4 members (excludes halogenated alkanes) is 8. The lowest BCUT2D eigenvalue weighted by Crippen LogP contribution is -2.15. The lowest BCUT2D eigenvalue weighted by atomic mass is 9.78. The molecule has 3 rings (SSSR count). The van der Waals surface area contributed by atoms with Crippen LogP contribution in [0.3, 0.4) is 0 Å². The van der Waals surface area contributed by atoms with Gasteiger partial charge in [-0.2, -0.15) is 0 Å². The summed E-state index contributed by atoms with van der Waals surface area (Å²) in [5.41, 5.74) is 1.87. The van der Waals surface area contributed by atoms with Crippen molar-refractivity contribution < 1.29 is 14.3 Å². The van der Waals surface area contributed by atoms with E-state index in [-0.39, 0.29) is 5.97 Å². The molecule has 0 aliphatic heterocycles. The predicted molar refractivity (Wildman–Crippen MR) is 159 cm³/mol. The third-order valence-electron chi connectivity index (χ3n) is 8.25. The molecule has 0 amide bonds. The zero-order valence-corrected chi connectivity index (χ0v) is 24.2. The minimum Gasteiger partial charge on any atom is -0.494 e. The number of hydrogen-bond acceptors (Lipinski definition) is 3. The summed E-state index contributed by atoms with van der Waals surface area (Å²) in [5, 5.41) is 0. The molecule has 2 aromatic rings. The van der Waals surface area contributed by atoms with Gasteiger partial charge in [0.2, 0.25) is 0 Å². The molecular weight excluding hydrogens is 468 g/mol. The van der Waals surface area contributed by atoms with Crippen molar-refractivity contribution in [2.24, 2.45) is 11.8 Å². The molecule has 0 radical (unpaired) electrons. The Morgan fingerprint density at radius 2 is 1.21 bits per heavy atom. The summed E-state index contributed by atoms with van der Waals surface area (Å²) in [6.07, 6.45) is 22.5. The van der Waals surface area contributed by atoms with Gasteiger partial charge in [-0.05, 0) is 73.1 Å². The zero-order chi connectivity index (χ0) is 26.8. The molecule has 0 atom stereocenters. The molecule has 0 N–H and O–H groups in total. The summed E-state index contributed by atoms with van der Waals surface area (Å²) >= 11 is 0. The van der Waals surface area contributed by atoms with Crippen LogP contribution in [0.2, 0.25) is 0 Å². The van der Waals surface area contributed by atoms with Gasteiger partial charge in [-0.3, -0.25) is 0 Å². The number of carbonyl (C=O) groups is 1. The lowest BCUT2D eigenvalue weighted by Gasteiger charge is -2.28. The second-order valence-corrected chi connectivity index (χ2v) is 11.4. The van der Waals surface area contributed by atoms with E-state index in [1.807, 2.05) is 24.3 Å². The van der Waals surface area contributed by atoms with Gasteiger partial charge in [0.25, 0.3) is 0 Å². The van der Waals surface area contributed by atoms with Crippen molar-refractivity contribution in [3.05, 3.63) is 59.7 Å². The van der Waals surface area contributed by atoms with Gasteiger partial charge in [0.1, 0.15) is 11.5 Å². The van der Waals surface area contributed by atoms with Crippen LogP contribution < -0.4 is 9.47 Å². The highest BCUT2D eigenvalue weighted by Crippen LogP contribution is 2.34. The molecule has 0 heterocycles. The summed E-state index contributed by atoms with van der Waals surface area (Å²) in [6, 6.07) is 15.4. The van der Waals surface area contributed by atoms with E-state index in [0.29, 0.717) is 11.3 Å². The summed E-state index contributed by atoms with van der Waals surface area (Å²) in [6.45, 7) is 5.29. The normalized spacial score (nSPS) is 17.3. The summed E-state index contributed by atoms with van der Waals surface area (Å²) in [7, 11) is 0. The molecule has 0 unspecified atom stereocenters. The number of esters is 1. The highest BCUT2D eigenvalue weighted by atomic mass is 16.5. The highest BCUT2D eigenvalue weighted by molar-refractivity contribution is 5.91. The second-order valence-electron chi connectivity index (χ2n) is 11.4. The Kier molecular flexibility index (Phi) is 14.4. The van der Waals surface area contributed by atoms with Crippen molar-refractivity contribution in [3.8, 4) is 11.5 Å². The minimum absolute atomic E-state index is 0.327. The Bertz CT molecular complexity index is 878. The Balaban J connectivity index is 1.29. The van der Waals surface area contributed by atoms with Crippen molar-refractivity contribution >= 4 is 5.97 Å². The smallest absolute Gasteiger partial charge is 0.343 e. The van der Waals surface area contributed by atoms with Crippen LogP contribution in [0.15, 0.2) is 48.5 Å². The summed E-state index contributed by atoms with van der Waals surface area (Å²) < 4.78 is 11.5. The first kappa shape index (κ1) is 30.3. The van der Waals surface area contributed by atoms with E-state index in [2.05, 4.69) is 26.0 Å². The number of aryl methyl sites for hydroxylation is 1. The fourth-order valence-corrected chi connectivity index (χ4v) is 5.77. The van der Waals surface area contributed by atoms with E-state index in [9.17, 15) is 4.79 Å². The number of carbonyl (C=O) groups excluding carboxylic acids is 1. The molecular formula is C35H52O3. The molecule has 3 heteroatoms. The highest BCUT2D eigenvalue weighted by Gasteiger charge is 2.20. The van der Waals surface area contributed by atoms with Crippen LogP contribution in [0.25, 0.3) is 0 Å². The minimum atomic E-state index is -0.327. The number of hydrogen-bond donors (Lipinski definition) is 0. The number of ether oxygens (including phenoxy) is 2. The fraction of sp³-hybridized carbons (Fsp3) is 0.629. The van der Waals surface area contributed by atoms with Crippen LogP contribution in [0, 0.1) is 11.8 Å². The first-order valence-electron chi connectivity index (χ1n) is 15.7. The standard InChI is InChI=1S/C35H52O3/c1-3-5-6-7-8-9-10-11-12-28-37-33-26-22-32(23-27-33)35(36)38-34-24-20-31(21-25-34)19-18-30-16-14-29(13-4-2)15-17-30/h20-27,29-30H,3-19,28H2,1-2H3. The first-order valence-corrected chi connectivity index (χ1v) is 15.7. The average molecular weight is 521 g/mol. The summed E-state index contributed by atoms with van der Waals surface area (Å²) in [4.78, 5) is 12.6. The maximum Gasteiger partial charge on any atom is 0.343 e. The van der Waals surface area contributed by atoms with Gasteiger partial charge in [-0.25, -0.2) is 4.79 Å². The van der Waals surface area contributed by atoms with Crippen LogP contribution in [0.1, 0.15) is 133 Å². The molecule has 0 bridgehead atoms. The second kappa shape index (κ2) is 18.1. The van der Waals surface area contributed by atoms with Gasteiger partial charge in [0.15, 0.2) is 0 Å². The van der Waals surface area contributed by atoms with Gasteiger partial charge in [0, 0.05) is 0 Å². The molecule has 210 valence electrons.